The van der Waals surface area contributed by atoms with Crippen LogP contribution in [0.5, 0.6) is 11.5 Å². The van der Waals surface area contributed by atoms with Gasteiger partial charge in [0.2, 0.25) is 0 Å². The Bertz CT molecular complexity index is 384. The van der Waals surface area contributed by atoms with Crippen LogP contribution in [0.1, 0.15) is 31.9 Å². The minimum Gasteiger partial charge on any atom is -0.507 e. The van der Waals surface area contributed by atoms with Crippen LogP contribution >= 0.6 is 0 Å². The Hall–Kier alpha value is -1.66. The van der Waals surface area contributed by atoms with Gasteiger partial charge in [0.1, 0.15) is 11.5 Å². The quantitative estimate of drug-likeness (QED) is 0.537. The van der Waals surface area contributed by atoms with Crippen molar-refractivity contribution in [3.05, 3.63) is 23.8 Å². The van der Waals surface area contributed by atoms with Crippen molar-refractivity contribution < 1.29 is 10.2 Å². The van der Waals surface area contributed by atoms with Crippen molar-refractivity contribution in [2.24, 2.45) is 0 Å². The zero-order chi connectivity index (χ0) is 12.0. The standard InChI is InChI=1S/C13H17NO2/c1-3-4-5-9-14-10(2)13-11(15)7-6-8-12(13)16/h6-8,10,14-16H,5,9H2,1-2H3. The number of nitrogens with one attached hydrogen (secondary N) is 1. The summed E-state index contributed by atoms with van der Waals surface area (Å²) < 4.78 is 0. The van der Waals surface area contributed by atoms with Crippen LogP contribution < -0.4 is 5.32 Å². The van der Waals surface area contributed by atoms with Gasteiger partial charge >= 0.3 is 0 Å². The van der Waals surface area contributed by atoms with Crippen LogP contribution in [-0.2, 0) is 0 Å². The predicted octanol–water partition coefficient (Wildman–Crippen LogP) is 2.16. The Balaban J connectivity index is 2.64. The molecule has 86 valence electrons. The van der Waals surface area contributed by atoms with Gasteiger partial charge in [-0.15, -0.1) is 11.8 Å². The summed E-state index contributed by atoms with van der Waals surface area (Å²) in [5.41, 5.74) is 0.534. The van der Waals surface area contributed by atoms with Crippen LogP contribution in [-0.4, -0.2) is 16.8 Å². The molecule has 1 rings (SSSR count). The van der Waals surface area contributed by atoms with E-state index in [0.29, 0.717) is 5.56 Å². The molecule has 1 unspecified atom stereocenters. The zero-order valence-corrected chi connectivity index (χ0v) is 9.62. The molecular weight excluding hydrogens is 202 g/mol. The highest BCUT2D eigenvalue weighted by molar-refractivity contribution is 5.44. The lowest BCUT2D eigenvalue weighted by Gasteiger charge is -2.16. The fourth-order valence-electron chi connectivity index (χ4n) is 1.56. The third-order valence-electron chi connectivity index (χ3n) is 2.37. The molecule has 0 spiro atoms. The Kier molecular flexibility index (Phi) is 4.68. The van der Waals surface area contributed by atoms with Crippen molar-refractivity contribution >= 4 is 0 Å². The SMILES string of the molecule is CC#CCCNC(C)c1c(O)cccc1O. The third-order valence-corrected chi connectivity index (χ3v) is 2.37. The highest BCUT2D eigenvalue weighted by atomic mass is 16.3. The first kappa shape index (κ1) is 12.4. The van der Waals surface area contributed by atoms with Gasteiger partial charge < -0.3 is 15.5 Å². The Morgan fingerprint density at radius 2 is 1.94 bits per heavy atom. The number of benzene rings is 1. The number of phenolic OH excluding ortho intramolecular Hbond substituents is 2. The summed E-state index contributed by atoms with van der Waals surface area (Å²) in [6.07, 6.45) is 0.759. The van der Waals surface area contributed by atoms with Gasteiger partial charge in [-0.2, -0.15) is 0 Å². The van der Waals surface area contributed by atoms with Crippen LogP contribution in [0.15, 0.2) is 18.2 Å². The molecule has 3 N–H and O–H groups in total. The smallest absolute Gasteiger partial charge is 0.124 e. The number of phenols is 2. The van der Waals surface area contributed by atoms with E-state index >= 15 is 0 Å². The molecule has 0 aliphatic rings. The van der Waals surface area contributed by atoms with E-state index in [1.165, 1.54) is 0 Å². The van der Waals surface area contributed by atoms with Crippen LogP contribution in [0.3, 0.4) is 0 Å². The van der Waals surface area contributed by atoms with E-state index in [4.69, 9.17) is 0 Å². The molecule has 0 radical (unpaired) electrons. The summed E-state index contributed by atoms with van der Waals surface area (Å²) in [5, 5.41) is 22.5. The highest BCUT2D eigenvalue weighted by Crippen LogP contribution is 2.31. The average Bonchev–Trinajstić information content (AvgIpc) is 2.24. The molecule has 1 aromatic rings. The van der Waals surface area contributed by atoms with E-state index in [1.807, 2.05) is 6.92 Å². The fourth-order valence-corrected chi connectivity index (χ4v) is 1.56. The minimum atomic E-state index is -0.0974. The van der Waals surface area contributed by atoms with Crippen molar-refractivity contribution in [1.29, 1.82) is 0 Å². The molecule has 1 aromatic carbocycles. The van der Waals surface area contributed by atoms with Gasteiger partial charge in [0.15, 0.2) is 0 Å². The summed E-state index contributed by atoms with van der Waals surface area (Å²) >= 11 is 0. The predicted molar refractivity (Wildman–Crippen MR) is 64.3 cm³/mol. The number of hydrogen-bond acceptors (Lipinski definition) is 3. The molecular formula is C13H17NO2. The van der Waals surface area contributed by atoms with Crippen LogP contribution in [0.2, 0.25) is 0 Å². The minimum absolute atomic E-state index is 0.0974. The molecule has 0 aliphatic carbocycles. The van der Waals surface area contributed by atoms with E-state index < -0.39 is 0 Å². The molecule has 1 atom stereocenters. The van der Waals surface area contributed by atoms with E-state index in [-0.39, 0.29) is 17.5 Å². The fraction of sp³-hybridized carbons (Fsp3) is 0.385. The first-order valence-corrected chi connectivity index (χ1v) is 5.30. The van der Waals surface area contributed by atoms with Crippen molar-refractivity contribution in [3.63, 3.8) is 0 Å². The summed E-state index contributed by atoms with van der Waals surface area (Å²) in [4.78, 5) is 0. The molecule has 0 aromatic heterocycles. The van der Waals surface area contributed by atoms with E-state index in [9.17, 15) is 10.2 Å². The largest absolute Gasteiger partial charge is 0.507 e. The molecule has 0 fully saturated rings. The van der Waals surface area contributed by atoms with Crippen molar-refractivity contribution in [2.75, 3.05) is 6.54 Å². The third kappa shape index (κ3) is 3.18. The lowest BCUT2D eigenvalue weighted by Crippen LogP contribution is -2.19. The molecule has 0 aliphatic heterocycles. The molecule has 3 heteroatoms. The molecule has 16 heavy (non-hydrogen) atoms. The summed E-state index contributed by atoms with van der Waals surface area (Å²) in [5.74, 6) is 5.99. The Labute approximate surface area is 96.1 Å². The van der Waals surface area contributed by atoms with Crippen molar-refractivity contribution in [2.45, 2.75) is 26.3 Å². The van der Waals surface area contributed by atoms with Crippen LogP contribution in [0, 0.1) is 11.8 Å². The number of aromatic hydroxyl groups is 2. The second-order valence-electron chi connectivity index (χ2n) is 3.56. The lowest BCUT2D eigenvalue weighted by molar-refractivity contribution is 0.420. The maximum absolute atomic E-state index is 9.64. The van der Waals surface area contributed by atoms with E-state index in [0.717, 1.165) is 13.0 Å². The van der Waals surface area contributed by atoms with Crippen molar-refractivity contribution in [3.8, 4) is 23.3 Å². The van der Waals surface area contributed by atoms with Gasteiger partial charge in [-0.1, -0.05) is 6.07 Å². The molecule has 0 saturated heterocycles. The van der Waals surface area contributed by atoms with Crippen molar-refractivity contribution in [1.82, 2.24) is 5.32 Å². The van der Waals surface area contributed by atoms with E-state index in [2.05, 4.69) is 17.2 Å². The molecule has 0 heterocycles. The van der Waals surface area contributed by atoms with Gasteiger partial charge in [0.05, 0.1) is 5.56 Å². The maximum atomic E-state index is 9.64. The first-order valence-electron chi connectivity index (χ1n) is 5.30. The summed E-state index contributed by atoms with van der Waals surface area (Å²) in [6.45, 7) is 4.43. The molecule has 3 nitrogen and oxygen atoms in total. The monoisotopic (exact) mass is 219 g/mol. The lowest BCUT2D eigenvalue weighted by atomic mass is 10.1. The Morgan fingerprint density at radius 1 is 1.31 bits per heavy atom. The maximum Gasteiger partial charge on any atom is 0.124 e. The molecule has 0 saturated carbocycles. The topological polar surface area (TPSA) is 52.5 Å². The summed E-state index contributed by atoms with van der Waals surface area (Å²) in [6, 6.07) is 4.65. The summed E-state index contributed by atoms with van der Waals surface area (Å²) in [7, 11) is 0. The van der Waals surface area contributed by atoms with Gasteiger partial charge in [-0.05, 0) is 26.0 Å². The molecule has 0 bridgehead atoms. The van der Waals surface area contributed by atoms with Crippen LogP contribution in [0.25, 0.3) is 0 Å². The highest BCUT2D eigenvalue weighted by Gasteiger charge is 2.13. The average molecular weight is 219 g/mol. The number of rotatable bonds is 4. The van der Waals surface area contributed by atoms with Gasteiger partial charge in [0, 0.05) is 19.0 Å². The first-order chi connectivity index (χ1) is 7.66. The van der Waals surface area contributed by atoms with E-state index in [1.54, 1.807) is 25.1 Å². The second-order valence-corrected chi connectivity index (χ2v) is 3.56. The van der Waals surface area contributed by atoms with Gasteiger partial charge in [-0.25, -0.2) is 0 Å². The normalized spacial score (nSPS) is 11.6. The van der Waals surface area contributed by atoms with Gasteiger partial charge in [-0.3, -0.25) is 0 Å². The van der Waals surface area contributed by atoms with Crippen LogP contribution in [0.4, 0.5) is 0 Å². The Morgan fingerprint density at radius 3 is 2.50 bits per heavy atom. The second kappa shape index (κ2) is 6.04. The number of hydrogen-bond donors (Lipinski definition) is 3. The molecule has 0 amide bonds. The van der Waals surface area contributed by atoms with Gasteiger partial charge in [0.25, 0.3) is 0 Å². The zero-order valence-electron chi connectivity index (χ0n) is 9.62.